The highest BCUT2D eigenvalue weighted by atomic mass is 32.1. The van der Waals surface area contributed by atoms with Gasteiger partial charge in [0.25, 0.3) is 5.56 Å². The molecule has 0 spiro atoms. The molecule has 1 unspecified atom stereocenters. The Labute approximate surface area is 173 Å². The van der Waals surface area contributed by atoms with E-state index < -0.39 is 12.1 Å². The normalized spacial score (nSPS) is 12.8. The zero-order chi connectivity index (χ0) is 21.5. The Bertz CT molecular complexity index is 1150. The number of nitrogens with zero attached hydrogens (tertiary/aromatic N) is 2. The Balaban J connectivity index is 1.81. The van der Waals surface area contributed by atoms with Crippen LogP contribution in [-0.4, -0.2) is 27.4 Å². The van der Waals surface area contributed by atoms with Gasteiger partial charge in [0, 0.05) is 12.6 Å². The highest BCUT2D eigenvalue weighted by molar-refractivity contribution is 7.20. The van der Waals surface area contributed by atoms with Gasteiger partial charge in [-0.15, -0.1) is 11.3 Å². The Hall–Kier alpha value is -2.80. The first-order valence-electron chi connectivity index (χ1n) is 9.31. The fourth-order valence-corrected chi connectivity index (χ4v) is 4.06. The molecule has 0 saturated carbocycles. The molecule has 3 aromatic rings. The van der Waals surface area contributed by atoms with Crippen LogP contribution in [0.4, 0.5) is 0 Å². The molecule has 152 valence electrons. The summed E-state index contributed by atoms with van der Waals surface area (Å²) in [4.78, 5) is 42.6. The molecule has 3 rings (SSSR count). The van der Waals surface area contributed by atoms with Crippen molar-refractivity contribution in [1.29, 1.82) is 0 Å². The lowest BCUT2D eigenvalue weighted by Crippen LogP contribution is -2.24. The highest BCUT2D eigenvalue weighted by Crippen LogP contribution is 2.28. The fourth-order valence-electron chi connectivity index (χ4n) is 3.04. The first kappa shape index (κ1) is 20.9. The Morgan fingerprint density at radius 3 is 2.38 bits per heavy atom. The van der Waals surface area contributed by atoms with Gasteiger partial charge in [-0.05, 0) is 30.4 Å². The number of carbonyl (C=O) groups excluding carboxylic acids is 2. The Kier molecular flexibility index (Phi) is 5.45. The Morgan fingerprint density at radius 2 is 1.79 bits per heavy atom. The van der Waals surface area contributed by atoms with Crippen LogP contribution >= 0.6 is 11.3 Å². The molecule has 6 nitrogen and oxygen atoms in total. The van der Waals surface area contributed by atoms with Gasteiger partial charge in [0.15, 0.2) is 6.10 Å². The van der Waals surface area contributed by atoms with E-state index in [1.807, 2.05) is 12.1 Å². The van der Waals surface area contributed by atoms with Gasteiger partial charge in [-0.2, -0.15) is 0 Å². The minimum atomic E-state index is -0.941. The predicted octanol–water partition coefficient (Wildman–Crippen LogP) is 4.03. The summed E-state index contributed by atoms with van der Waals surface area (Å²) in [7, 11) is 1.61. The molecule has 29 heavy (non-hydrogen) atoms. The zero-order valence-corrected chi connectivity index (χ0v) is 18.2. The van der Waals surface area contributed by atoms with E-state index in [0.29, 0.717) is 26.2 Å². The molecule has 0 aliphatic carbocycles. The standard InChI is InChI=1S/C22H24N2O4S/c1-12-16-19(23-11-24(6)20(16)26)29-18(12)21(27)28-13(2)17(25)14-7-9-15(10-8-14)22(3,4)5/h7-11,13H,1-6H3. The lowest BCUT2D eigenvalue weighted by atomic mass is 9.86. The monoisotopic (exact) mass is 412 g/mol. The maximum atomic E-state index is 12.7. The first-order valence-corrected chi connectivity index (χ1v) is 10.1. The van der Waals surface area contributed by atoms with E-state index >= 15 is 0 Å². The van der Waals surface area contributed by atoms with Gasteiger partial charge in [0.2, 0.25) is 5.78 Å². The molecule has 1 atom stereocenters. The van der Waals surface area contributed by atoms with Crippen molar-refractivity contribution in [2.45, 2.75) is 46.1 Å². The van der Waals surface area contributed by atoms with Gasteiger partial charge in [0.05, 0.1) is 11.7 Å². The van der Waals surface area contributed by atoms with Gasteiger partial charge in [-0.3, -0.25) is 9.59 Å². The van der Waals surface area contributed by atoms with Crippen LogP contribution in [0.1, 0.15) is 58.9 Å². The van der Waals surface area contributed by atoms with Gasteiger partial charge in [0.1, 0.15) is 9.71 Å². The summed E-state index contributed by atoms with van der Waals surface area (Å²) < 4.78 is 6.78. The molecule has 0 aliphatic rings. The SMILES string of the molecule is Cc1c(C(=O)OC(C)C(=O)c2ccc(C(C)(C)C)cc2)sc2ncn(C)c(=O)c12. The molecular weight excluding hydrogens is 388 g/mol. The first-order chi connectivity index (χ1) is 13.5. The van der Waals surface area contributed by atoms with Crippen molar-refractivity contribution in [3.8, 4) is 0 Å². The predicted molar refractivity (Wildman–Crippen MR) is 114 cm³/mol. The number of ether oxygens (including phenoxy) is 1. The molecule has 0 N–H and O–H groups in total. The van der Waals surface area contributed by atoms with Crippen molar-refractivity contribution in [3.05, 3.63) is 62.5 Å². The maximum absolute atomic E-state index is 12.7. The summed E-state index contributed by atoms with van der Waals surface area (Å²) >= 11 is 1.10. The number of aryl methyl sites for hydroxylation is 2. The van der Waals surface area contributed by atoms with Crippen LogP contribution in [0.5, 0.6) is 0 Å². The van der Waals surface area contributed by atoms with Crippen molar-refractivity contribution < 1.29 is 14.3 Å². The number of hydrogen-bond donors (Lipinski definition) is 0. The van der Waals surface area contributed by atoms with Crippen LogP contribution in [0, 0.1) is 6.92 Å². The quantitative estimate of drug-likeness (QED) is 0.478. The number of thiophene rings is 1. The van der Waals surface area contributed by atoms with E-state index in [-0.39, 0.29) is 16.8 Å². The van der Waals surface area contributed by atoms with Gasteiger partial charge in [-0.1, -0.05) is 45.0 Å². The minimum absolute atomic E-state index is 0.0105. The number of rotatable bonds is 4. The van der Waals surface area contributed by atoms with Crippen LogP contribution in [-0.2, 0) is 17.2 Å². The Morgan fingerprint density at radius 1 is 1.17 bits per heavy atom. The van der Waals surface area contributed by atoms with E-state index in [1.165, 1.54) is 10.9 Å². The molecule has 0 saturated heterocycles. The molecule has 0 aliphatic heterocycles. The lowest BCUT2D eigenvalue weighted by molar-refractivity contribution is 0.0323. The fraction of sp³-hybridized carbons (Fsp3) is 0.364. The number of esters is 1. The number of ketones is 1. The van der Waals surface area contributed by atoms with Crippen LogP contribution in [0.25, 0.3) is 10.2 Å². The van der Waals surface area contributed by atoms with Crippen LogP contribution in [0.15, 0.2) is 35.4 Å². The van der Waals surface area contributed by atoms with Crippen LogP contribution in [0.3, 0.4) is 0 Å². The molecule has 7 heteroatoms. The second-order valence-corrected chi connectivity index (χ2v) is 9.14. The lowest BCUT2D eigenvalue weighted by Gasteiger charge is -2.19. The summed E-state index contributed by atoms with van der Waals surface area (Å²) in [6, 6.07) is 7.34. The third-order valence-corrected chi connectivity index (χ3v) is 6.06. The second-order valence-electron chi connectivity index (χ2n) is 8.14. The summed E-state index contributed by atoms with van der Waals surface area (Å²) in [6.07, 6.45) is 0.478. The van der Waals surface area contributed by atoms with Crippen LogP contribution in [0.2, 0.25) is 0 Å². The van der Waals surface area contributed by atoms with Crippen molar-refractivity contribution in [2.24, 2.45) is 7.05 Å². The number of benzene rings is 1. The summed E-state index contributed by atoms with van der Waals surface area (Å²) in [5.41, 5.74) is 1.91. The number of aromatic nitrogens is 2. The number of fused-ring (bicyclic) bond motifs is 1. The maximum Gasteiger partial charge on any atom is 0.349 e. The third kappa shape index (κ3) is 4.00. The largest absolute Gasteiger partial charge is 0.450 e. The average molecular weight is 413 g/mol. The van der Waals surface area contributed by atoms with Crippen LogP contribution < -0.4 is 5.56 Å². The number of Topliss-reactive ketones (excluding diaryl/α,β-unsaturated/α-hetero) is 1. The third-order valence-electron chi connectivity index (χ3n) is 4.88. The smallest absolute Gasteiger partial charge is 0.349 e. The number of hydrogen-bond acceptors (Lipinski definition) is 6. The molecule has 0 amide bonds. The molecule has 0 radical (unpaired) electrons. The summed E-state index contributed by atoms with van der Waals surface area (Å²) in [5, 5.41) is 0.406. The van der Waals surface area contributed by atoms with Gasteiger partial charge >= 0.3 is 5.97 Å². The molecule has 0 fully saturated rings. The van der Waals surface area contributed by atoms with E-state index in [9.17, 15) is 14.4 Å². The highest BCUT2D eigenvalue weighted by Gasteiger charge is 2.25. The molecule has 2 heterocycles. The molecular formula is C22H24N2O4S. The summed E-state index contributed by atoms with van der Waals surface area (Å²) in [5.74, 6) is -0.897. The van der Waals surface area contributed by atoms with Crippen molar-refractivity contribution in [1.82, 2.24) is 9.55 Å². The van der Waals surface area contributed by atoms with E-state index in [1.54, 1.807) is 33.0 Å². The topological polar surface area (TPSA) is 78.3 Å². The van der Waals surface area contributed by atoms with E-state index in [0.717, 1.165) is 16.9 Å². The number of carbonyl (C=O) groups is 2. The zero-order valence-electron chi connectivity index (χ0n) is 17.4. The van der Waals surface area contributed by atoms with Crippen molar-refractivity contribution in [2.75, 3.05) is 0 Å². The van der Waals surface area contributed by atoms with Gasteiger partial charge in [-0.25, -0.2) is 9.78 Å². The molecule has 1 aromatic carbocycles. The van der Waals surface area contributed by atoms with E-state index in [4.69, 9.17) is 4.74 Å². The molecule has 0 bridgehead atoms. The van der Waals surface area contributed by atoms with Crippen molar-refractivity contribution >= 4 is 33.3 Å². The molecule has 2 aromatic heterocycles. The second kappa shape index (κ2) is 7.55. The van der Waals surface area contributed by atoms with Crippen molar-refractivity contribution in [3.63, 3.8) is 0 Å². The van der Waals surface area contributed by atoms with E-state index in [2.05, 4.69) is 25.8 Å². The average Bonchev–Trinajstić information content (AvgIpc) is 3.00. The van der Waals surface area contributed by atoms with Gasteiger partial charge < -0.3 is 9.30 Å². The summed E-state index contributed by atoms with van der Waals surface area (Å²) in [6.45, 7) is 9.55. The minimum Gasteiger partial charge on any atom is -0.450 e.